The van der Waals surface area contributed by atoms with E-state index in [1.165, 1.54) is 22.3 Å². The molecule has 3 nitrogen and oxygen atoms in total. The number of aliphatic imine (C=N–C) groups is 1. The molecule has 128 valence electrons. The van der Waals surface area contributed by atoms with Crippen LogP contribution >= 0.6 is 0 Å². The monoisotopic (exact) mass is 332 g/mol. The smallest absolute Gasteiger partial charge is 0.236 e. The molecule has 1 fully saturated rings. The highest BCUT2D eigenvalue weighted by Crippen LogP contribution is 2.40. The van der Waals surface area contributed by atoms with Crippen molar-refractivity contribution >= 4 is 23.0 Å². The first-order valence-corrected chi connectivity index (χ1v) is 9.08. The molecule has 0 saturated heterocycles. The van der Waals surface area contributed by atoms with Crippen LogP contribution in [0.15, 0.2) is 41.4 Å². The minimum absolute atomic E-state index is 0.0437. The fourth-order valence-corrected chi connectivity index (χ4v) is 3.94. The summed E-state index contributed by atoms with van der Waals surface area (Å²) in [5, 5.41) is 0. The molecule has 0 spiro atoms. The second-order valence-electron chi connectivity index (χ2n) is 7.39. The van der Waals surface area contributed by atoms with Gasteiger partial charge >= 0.3 is 0 Å². The van der Waals surface area contributed by atoms with Crippen LogP contribution in [0.25, 0.3) is 0 Å². The van der Waals surface area contributed by atoms with Gasteiger partial charge in [-0.25, -0.2) is 0 Å². The summed E-state index contributed by atoms with van der Waals surface area (Å²) in [6.45, 7) is 6.91. The second kappa shape index (κ2) is 6.14. The molecule has 2 aromatic carbocycles. The molecule has 25 heavy (non-hydrogen) atoms. The van der Waals surface area contributed by atoms with Crippen LogP contribution in [-0.4, -0.2) is 11.6 Å². The van der Waals surface area contributed by atoms with E-state index in [9.17, 15) is 4.79 Å². The Morgan fingerprint density at radius 1 is 1.12 bits per heavy atom. The molecule has 1 amide bonds. The van der Waals surface area contributed by atoms with Crippen LogP contribution in [0.5, 0.6) is 0 Å². The Kier molecular flexibility index (Phi) is 3.95. The van der Waals surface area contributed by atoms with Crippen LogP contribution in [0.2, 0.25) is 0 Å². The van der Waals surface area contributed by atoms with E-state index < -0.39 is 0 Å². The van der Waals surface area contributed by atoms with Crippen molar-refractivity contribution in [3.63, 3.8) is 0 Å². The first-order valence-electron chi connectivity index (χ1n) is 9.08. The third-order valence-corrected chi connectivity index (χ3v) is 5.46. The number of hydrogen-bond acceptors (Lipinski definition) is 2. The maximum absolute atomic E-state index is 13.3. The van der Waals surface area contributed by atoms with Gasteiger partial charge in [-0.15, -0.1) is 0 Å². The normalized spacial score (nSPS) is 19.3. The first kappa shape index (κ1) is 16.1. The fourth-order valence-electron chi connectivity index (χ4n) is 3.94. The zero-order valence-corrected chi connectivity index (χ0v) is 15.2. The van der Waals surface area contributed by atoms with Gasteiger partial charge in [0.2, 0.25) is 5.91 Å². The number of amides is 1. The van der Waals surface area contributed by atoms with E-state index >= 15 is 0 Å². The quantitative estimate of drug-likeness (QED) is 0.759. The number of carbonyl (C=O) groups is 1. The molecule has 1 aliphatic heterocycles. The molecule has 1 unspecified atom stereocenters. The van der Waals surface area contributed by atoms with Crippen molar-refractivity contribution in [1.29, 1.82) is 0 Å². The highest BCUT2D eigenvalue weighted by atomic mass is 16.2. The molecule has 1 saturated carbocycles. The number of benzene rings is 2. The maximum atomic E-state index is 13.3. The standard InChI is InChI=1S/C22H24N2O/c1-14-6-4-7-17(10-14)13-24-21-12-16(3)15(2)11-20(21)23-19-9-5-8-18(19)22(24)25/h4,6-7,10-12,18H,5,8-9,13H2,1-3H3. The van der Waals surface area contributed by atoms with Gasteiger partial charge in [0.05, 0.1) is 23.8 Å². The van der Waals surface area contributed by atoms with Crippen molar-refractivity contribution < 1.29 is 4.79 Å². The van der Waals surface area contributed by atoms with Gasteiger partial charge in [0.15, 0.2) is 0 Å². The van der Waals surface area contributed by atoms with Crippen molar-refractivity contribution in [2.24, 2.45) is 10.9 Å². The van der Waals surface area contributed by atoms with Gasteiger partial charge in [-0.05, 0) is 68.9 Å². The van der Waals surface area contributed by atoms with Crippen LogP contribution in [0.3, 0.4) is 0 Å². The maximum Gasteiger partial charge on any atom is 0.236 e. The summed E-state index contributed by atoms with van der Waals surface area (Å²) < 4.78 is 0. The van der Waals surface area contributed by atoms with Crippen LogP contribution in [0.1, 0.15) is 41.5 Å². The zero-order valence-electron chi connectivity index (χ0n) is 15.2. The molecule has 4 rings (SSSR count). The Bertz CT molecular complexity index is 882. The molecule has 0 radical (unpaired) electrons. The van der Waals surface area contributed by atoms with Gasteiger partial charge in [0.25, 0.3) is 0 Å². The summed E-state index contributed by atoms with van der Waals surface area (Å²) in [4.78, 5) is 20.2. The molecule has 0 N–H and O–H groups in total. The number of rotatable bonds is 2. The van der Waals surface area contributed by atoms with Crippen LogP contribution < -0.4 is 4.90 Å². The van der Waals surface area contributed by atoms with E-state index in [1.807, 2.05) is 4.90 Å². The Labute approximate surface area is 149 Å². The van der Waals surface area contributed by atoms with Crippen molar-refractivity contribution in [2.45, 2.75) is 46.6 Å². The van der Waals surface area contributed by atoms with Crippen molar-refractivity contribution in [2.75, 3.05) is 4.90 Å². The predicted molar refractivity (Wildman–Crippen MR) is 103 cm³/mol. The van der Waals surface area contributed by atoms with E-state index in [1.54, 1.807) is 0 Å². The molecule has 0 aromatic heterocycles. The highest BCUT2D eigenvalue weighted by Gasteiger charge is 2.36. The van der Waals surface area contributed by atoms with Gasteiger partial charge < -0.3 is 4.90 Å². The molecule has 3 heteroatoms. The number of carbonyl (C=O) groups excluding carboxylic acids is 1. The average molecular weight is 332 g/mol. The van der Waals surface area contributed by atoms with Crippen LogP contribution in [0, 0.1) is 26.7 Å². The molecule has 0 bridgehead atoms. The fraction of sp³-hybridized carbons (Fsp3) is 0.364. The minimum Gasteiger partial charge on any atom is -0.305 e. The number of hydrogen-bond donors (Lipinski definition) is 0. The summed E-state index contributed by atoms with van der Waals surface area (Å²) in [6.07, 6.45) is 2.93. The summed E-state index contributed by atoms with van der Waals surface area (Å²) in [7, 11) is 0. The molecule has 2 aromatic rings. The SMILES string of the molecule is Cc1cccc(CN2C(=O)C3CCCC3=Nc3cc(C)c(C)cc32)c1. The lowest BCUT2D eigenvalue weighted by Crippen LogP contribution is -2.36. The average Bonchev–Trinajstić information content (AvgIpc) is 3.00. The summed E-state index contributed by atoms with van der Waals surface area (Å²) in [5.74, 6) is 0.164. The third-order valence-electron chi connectivity index (χ3n) is 5.46. The molecule has 2 aliphatic rings. The molecule has 1 heterocycles. The van der Waals surface area contributed by atoms with E-state index in [0.717, 1.165) is 36.3 Å². The molecular formula is C22H24N2O. The van der Waals surface area contributed by atoms with Gasteiger partial charge in [-0.2, -0.15) is 0 Å². The second-order valence-corrected chi connectivity index (χ2v) is 7.39. The largest absolute Gasteiger partial charge is 0.305 e. The Balaban J connectivity index is 1.83. The van der Waals surface area contributed by atoms with Crippen molar-refractivity contribution in [3.05, 3.63) is 58.7 Å². The van der Waals surface area contributed by atoms with Crippen molar-refractivity contribution in [1.82, 2.24) is 0 Å². The predicted octanol–water partition coefficient (Wildman–Crippen LogP) is 5.03. The van der Waals surface area contributed by atoms with E-state index in [2.05, 4.69) is 57.2 Å². The first-order chi connectivity index (χ1) is 12.0. The van der Waals surface area contributed by atoms with Gasteiger partial charge in [0, 0.05) is 5.71 Å². The number of anilines is 1. The van der Waals surface area contributed by atoms with Gasteiger partial charge in [-0.3, -0.25) is 9.79 Å². The Morgan fingerprint density at radius 3 is 2.72 bits per heavy atom. The highest BCUT2D eigenvalue weighted by molar-refractivity contribution is 6.15. The lowest BCUT2D eigenvalue weighted by Gasteiger charge is -2.26. The lowest BCUT2D eigenvalue weighted by atomic mass is 10.0. The van der Waals surface area contributed by atoms with Gasteiger partial charge in [0.1, 0.15) is 0 Å². The third kappa shape index (κ3) is 2.88. The van der Waals surface area contributed by atoms with E-state index in [4.69, 9.17) is 4.99 Å². The Morgan fingerprint density at radius 2 is 1.92 bits per heavy atom. The number of nitrogens with zero attached hydrogens (tertiary/aromatic N) is 2. The van der Waals surface area contributed by atoms with Gasteiger partial charge in [-0.1, -0.05) is 29.8 Å². The van der Waals surface area contributed by atoms with E-state index in [-0.39, 0.29) is 11.8 Å². The van der Waals surface area contributed by atoms with Crippen LogP contribution in [-0.2, 0) is 11.3 Å². The zero-order chi connectivity index (χ0) is 17.6. The van der Waals surface area contributed by atoms with Crippen molar-refractivity contribution in [3.8, 4) is 0 Å². The summed E-state index contributed by atoms with van der Waals surface area (Å²) in [6, 6.07) is 12.7. The Hall–Kier alpha value is -2.42. The lowest BCUT2D eigenvalue weighted by molar-refractivity contribution is -0.120. The number of fused-ring (bicyclic) bond motifs is 2. The number of aryl methyl sites for hydroxylation is 3. The molecular weight excluding hydrogens is 308 g/mol. The minimum atomic E-state index is -0.0437. The summed E-state index contributed by atoms with van der Waals surface area (Å²) >= 11 is 0. The topological polar surface area (TPSA) is 32.7 Å². The molecule has 1 atom stereocenters. The summed E-state index contributed by atoms with van der Waals surface area (Å²) in [5.41, 5.74) is 7.79. The van der Waals surface area contributed by atoms with E-state index in [0.29, 0.717) is 6.54 Å². The van der Waals surface area contributed by atoms with Crippen LogP contribution in [0.4, 0.5) is 11.4 Å². The molecule has 1 aliphatic carbocycles.